The van der Waals surface area contributed by atoms with Gasteiger partial charge in [-0.25, -0.2) is 4.79 Å². The zero-order chi connectivity index (χ0) is 21.7. The second kappa shape index (κ2) is 9.08. The Morgan fingerprint density at radius 1 is 1.20 bits per heavy atom. The van der Waals surface area contributed by atoms with Crippen LogP contribution in [0.3, 0.4) is 0 Å². The van der Waals surface area contributed by atoms with Gasteiger partial charge in [0.2, 0.25) is 5.89 Å². The summed E-state index contributed by atoms with van der Waals surface area (Å²) in [6.45, 7) is 2.81. The zero-order valence-corrected chi connectivity index (χ0v) is 16.7. The summed E-state index contributed by atoms with van der Waals surface area (Å²) in [6, 6.07) is 14.1. The number of carbonyl (C=O) groups excluding carboxylic acids is 2. The van der Waals surface area contributed by atoms with Crippen molar-refractivity contribution in [1.29, 1.82) is 0 Å². The summed E-state index contributed by atoms with van der Waals surface area (Å²) in [6.07, 6.45) is -1.10. The molecule has 3 rings (SSSR count). The Kier molecular flexibility index (Phi) is 6.31. The summed E-state index contributed by atoms with van der Waals surface area (Å²) in [5.41, 5.74) is 1.99. The zero-order valence-electron chi connectivity index (χ0n) is 16.7. The topological polar surface area (TPSA) is 113 Å². The number of ether oxygens (including phenoxy) is 2. The second-order valence-corrected chi connectivity index (χ2v) is 6.52. The lowest BCUT2D eigenvalue weighted by atomic mass is 10.2. The molecular weight excluding hydrogens is 390 g/mol. The van der Waals surface area contributed by atoms with Gasteiger partial charge in [-0.3, -0.25) is 9.59 Å². The fraction of sp³-hybridized carbons (Fsp3) is 0.238. The molecule has 1 heterocycles. The lowest BCUT2D eigenvalue weighted by molar-refractivity contribution is -0.154. The molecule has 0 fully saturated rings. The first kappa shape index (κ1) is 20.8. The van der Waals surface area contributed by atoms with Gasteiger partial charge in [-0.15, -0.1) is 5.10 Å². The largest absolute Gasteiger partial charge is 0.495 e. The molecule has 0 aliphatic carbocycles. The van der Waals surface area contributed by atoms with Gasteiger partial charge < -0.3 is 19.2 Å². The van der Waals surface area contributed by atoms with E-state index in [4.69, 9.17) is 13.9 Å². The average molecular weight is 411 g/mol. The van der Waals surface area contributed by atoms with Crippen LogP contribution in [-0.2, 0) is 20.9 Å². The highest BCUT2D eigenvalue weighted by atomic mass is 16.5. The summed E-state index contributed by atoms with van der Waals surface area (Å²) in [5, 5.41) is 6.66. The Balaban J connectivity index is 1.62. The number of esters is 1. The van der Waals surface area contributed by atoms with Gasteiger partial charge >= 0.3 is 11.7 Å². The number of anilines is 1. The number of hydrogen-bond acceptors (Lipinski definition) is 7. The molecule has 9 heteroatoms. The smallest absolute Gasteiger partial charge is 0.437 e. The first-order valence-electron chi connectivity index (χ1n) is 9.15. The summed E-state index contributed by atoms with van der Waals surface area (Å²) in [4.78, 5) is 36.5. The van der Waals surface area contributed by atoms with E-state index in [0.29, 0.717) is 17.0 Å². The molecule has 3 aromatic rings. The third-order valence-electron chi connectivity index (χ3n) is 4.20. The van der Waals surface area contributed by atoms with Crippen molar-refractivity contribution in [3.8, 4) is 17.2 Å². The minimum absolute atomic E-state index is 0.0886. The Labute approximate surface area is 172 Å². The van der Waals surface area contributed by atoms with Crippen molar-refractivity contribution in [3.63, 3.8) is 0 Å². The molecule has 30 heavy (non-hydrogen) atoms. The van der Waals surface area contributed by atoms with E-state index in [-0.39, 0.29) is 5.89 Å². The predicted molar refractivity (Wildman–Crippen MR) is 108 cm³/mol. The number of nitrogens with one attached hydrogen (secondary N) is 1. The van der Waals surface area contributed by atoms with Crippen LogP contribution in [0, 0.1) is 6.92 Å². The maximum atomic E-state index is 12.4. The summed E-state index contributed by atoms with van der Waals surface area (Å²) < 4.78 is 16.3. The van der Waals surface area contributed by atoms with Gasteiger partial charge in [-0.2, -0.15) is 4.68 Å². The van der Waals surface area contributed by atoms with Gasteiger partial charge in [0.1, 0.15) is 12.3 Å². The fourth-order valence-electron chi connectivity index (χ4n) is 2.67. The van der Waals surface area contributed by atoms with Crippen LogP contribution < -0.4 is 15.8 Å². The van der Waals surface area contributed by atoms with Crippen molar-refractivity contribution in [3.05, 3.63) is 64.6 Å². The molecule has 9 nitrogen and oxygen atoms in total. The number of benzene rings is 2. The Bertz CT molecular complexity index is 1100. The van der Waals surface area contributed by atoms with Crippen LogP contribution in [0.2, 0.25) is 0 Å². The molecule has 1 atom stereocenters. The van der Waals surface area contributed by atoms with Crippen LogP contribution in [-0.4, -0.2) is 34.9 Å². The van der Waals surface area contributed by atoms with Crippen molar-refractivity contribution in [2.45, 2.75) is 26.5 Å². The summed E-state index contributed by atoms with van der Waals surface area (Å²) >= 11 is 0. The fourth-order valence-corrected chi connectivity index (χ4v) is 2.67. The third kappa shape index (κ3) is 4.93. The van der Waals surface area contributed by atoms with Gasteiger partial charge in [0.15, 0.2) is 6.10 Å². The van der Waals surface area contributed by atoms with Crippen LogP contribution in [0.25, 0.3) is 11.5 Å². The summed E-state index contributed by atoms with van der Waals surface area (Å²) in [7, 11) is 1.49. The van der Waals surface area contributed by atoms with Crippen molar-refractivity contribution in [2.75, 3.05) is 12.4 Å². The number of aromatic nitrogens is 2. The van der Waals surface area contributed by atoms with Crippen LogP contribution in [0.4, 0.5) is 5.69 Å². The highest BCUT2D eigenvalue weighted by Gasteiger charge is 2.21. The first-order chi connectivity index (χ1) is 14.4. The normalized spacial score (nSPS) is 11.6. The van der Waals surface area contributed by atoms with Gasteiger partial charge in [0.25, 0.3) is 5.91 Å². The summed E-state index contributed by atoms with van der Waals surface area (Å²) in [5.74, 6) is -1.57. The van der Waals surface area contributed by atoms with E-state index in [1.165, 1.54) is 14.0 Å². The van der Waals surface area contributed by atoms with Crippen molar-refractivity contribution >= 4 is 17.6 Å². The standard InChI is InChI=1S/C21H21N3O6/c1-13-9-10-17(28-3)16(11-13)22-19(26)14(2)29-18(25)12-24-21(27)30-20(23-24)15-7-5-4-6-8-15/h4-11,14H,12H2,1-3H3,(H,22,26)/t14-/m1/s1. The van der Waals surface area contributed by atoms with E-state index in [0.717, 1.165) is 10.2 Å². The van der Waals surface area contributed by atoms with Gasteiger partial charge in [-0.05, 0) is 43.7 Å². The SMILES string of the molecule is COc1ccc(C)cc1NC(=O)[C@@H](C)OC(=O)Cn1nc(-c2ccccc2)oc1=O. The Morgan fingerprint density at radius 2 is 1.93 bits per heavy atom. The predicted octanol–water partition coefficient (Wildman–Crippen LogP) is 2.39. The highest BCUT2D eigenvalue weighted by molar-refractivity contribution is 5.96. The lowest BCUT2D eigenvalue weighted by Crippen LogP contribution is -2.32. The van der Waals surface area contributed by atoms with Crippen molar-refractivity contribution in [2.24, 2.45) is 0 Å². The van der Waals surface area contributed by atoms with E-state index in [1.54, 1.807) is 36.4 Å². The molecule has 0 unspecified atom stereocenters. The van der Waals surface area contributed by atoms with Crippen molar-refractivity contribution < 1.29 is 23.5 Å². The number of amides is 1. The third-order valence-corrected chi connectivity index (χ3v) is 4.20. The van der Waals surface area contributed by atoms with Crippen LogP contribution in [0.5, 0.6) is 5.75 Å². The maximum Gasteiger partial charge on any atom is 0.437 e. The number of aryl methyl sites for hydroxylation is 1. The van der Waals surface area contributed by atoms with Crippen LogP contribution in [0.15, 0.2) is 57.7 Å². The molecule has 0 radical (unpaired) electrons. The molecule has 0 bridgehead atoms. The Morgan fingerprint density at radius 3 is 2.63 bits per heavy atom. The molecule has 0 saturated carbocycles. The molecular formula is C21H21N3O6. The highest BCUT2D eigenvalue weighted by Crippen LogP contribution is 2.25. The van der Waals surface area contributed by atoms with Gasteiger partial charge in [-0.1, -0.05) is 24.3 Å². The molecule has 156 valence electrons. The van der Waals surface area contributed by atoms with Gasteiger partial charge in [0, 0.05) is 5.56 Å². The number of hydrogen-bond donors (Lipinski definition) is 1. The molecule has 1 amide bonds. The van der Waals surface area contributed by atoms with Crippen LogP contribution in [0.1, 0.15) is 12.5 Å². The number of rotatable bonds is 7. The van der Waals surface area contributed by atoms with E-state index in [2.05, 4.69) is 10.4 Å². The number of methoxy groups -OCH3 is 1. The van der Waals surface area contributed by atoms with Gasteiger partial charge in [0.05, 0.1) is 12.8 Å². The molecule has 2 aromatic carbocycles. The number of nitrogens with zero attached hydrogens (tertiary/aromatic N) is 2. The molecule has 1 aromatic heterocycles. The maximum absolute atomic E-state index is 12.4. The molecule has 1 N–H and O–H groups in total. The first-order valence-corrected chi connectivity index (χ1v) is 9.15. The minimum Gasteiger partial charge on any atom is -0.495 e. The molecule has 0 spiro atoms. The number of carbonyl (C=O) groups is 2. The minimum atomic E-state index is -1.10. The molecule has 0 aliphatic rings. The van der Waals surface area contributed by atoms with Crippen LogP contribution >= 0.6 is 0 Å². The van der Waals surface area contributed by atoms with E-state index in [9.17, 15) is 14.4 Å². The average Bonchev–Trinajstić information content (AvgIpc) is 3.09. The van der Waals surface area contributed by atoms with E-state index >= 15 is 0 Å². The second-order valence-electron chi connectivity index (χ2n) is 6.52. The van der Waals surface area contributed by atoms with E-state index < -0.39 is 30.3 Å². The van der Waals surface area contributed by atoms with E-state index in [1.807, 2.05) is 19.1 Å². The van der Waals surface area contributed by atoms with Crippen molar-refractivity contribution in [1.82, 2.24) is 9.78 Å². The molecule has 0 saturated heterocycles. The monoisotopic (exact) mass is 411 g/mol. The quantitative estimate of drug-likeness (QED) is 0.594. The Hall–Kier alpha value is -3.88. The molecule has 0 aliphatic heterocycles. The lowest BCUT2D eigenvalue weighted by Gasteiger charge is -2.15.